The Hall–Kier alpha value is -2.67. The van der Waals surface area contributed by atoms with Crippen molar-refractivity contribution in [1.82, 2.24) is 15.6 Å². The van der Waals surface area contributed by atoms with E-state index in [-0.39, 0.29) is 11.1 Å². The third kappa shape index (κ3) is 1.52. The van der Waals surface area contributed by atoms with E-state index in [9.17, 15) is 9.59 Å². The van der Waals surface area contributed by atoms with Crippen molar-refractivity contribution in [3.63, 3.8) is 0 Å². The molecule has 1 aliphatic rings. The molecule has 1 amide bonds. The molecule has 1 aromatic heterocycles. The smallest absolute Gasteiger partial charge is 0.272 e. The minimum absolute atomic E-state index is 0.279. The number of rotatable bonds is 1. The van der Waals surface area contributed by atoms with Gasteiger partial charge in [0.15, 0.2) is 0 Å². The number of nitrogens with two attached hydrogens (primary N) is 1. The quantitative estimate of drug-likeness (QED) is 0.326. The van der Waals surface area contributed by atoms with Gasteiger partial charge in [0.25, 0.3) is 11.5 Å². The van der Waals surface area contributed by atoms with Crippen LogP contribution in [-0.4, -0.2) is 16.1 Å². The summed E-state index contributed by atoms with van der Waals surface area (Å²) in [5, 5.41) is 10.5. The molecule has 0 radical (unpaired) electrons. The molecule has 96 valence electrons. The van der Waals surface area contributed by atoms with Crippen LogP contribution in [0.15, 0.2) is 23.1 Å². The molecule has 0 aliphatic carbocycles. The van der Waals surface area contributed by atoms with Crippen molar-refractivity contribution >= 4 is 27.9 Å². The SMILES string of the molecule is Cc1ccc2c(=O)[nH]nc3c2c1NC=C3C(=O)NN. The fraction of sp³-hybridized carbons (Fsp3) is 0.0833. The Morgan fingerprint density at radius 3 is 2.95 bits per heavy atom. The normalized spacial score (nSPS) is 12.8. The fourth-order valence-corrected chi connectivity index (χ4v) is 2.21. The van der Waals surface area contributed by atoms with Crippen molar-refractivity contribution in [3.05, 3.63) is 39.9 Å². The van der Waals surface area contributed by atoms with Crippen molar-refractivity contribution < 1.29 is 4.79 Å². The second kappa shape index (κ2) is 3.92. The molecule has 0 bridgehead atoms. The van der Waals surface area contributed by atoms with Gasteiger partial charge in [-0.1, -0.05) is 6.07 Å². The van der Waals surface area contributed by atoms with Crippen LogP contribution >= 0.6 is 0 Å². The summed E-state index contributed by atoms with van der Waals surface area (Å²) in [7, 11) is 0. The largest absolute Gasteiger partial charge is 0.360 e. The molecule has 0 saturated heterocycles. The number of nitrogens with one attached hydrogen (secondary N) is 3. The highest BCUT2D eigenvalue weighted by atomic mass is 16.2. The number of amides is 1. The molecule has 2 aromatic rings. The number of hydrogen-bond acceptors (Lipinski definition) is 5. The van der Waals surface area contributed by atoms with E-state index in [0.29, 0.717) is 16.5 Å². The van der Waals surface area contributed by atoms with Gasteiger partial charge in [0.05, 0.1) is 16.6 Å². The highest BCUT2D eigenvalue weighted by molar-refractivity contribution is 6.24. The number of nitrogens with zero attached hydrogens (tertiary/aromatic N) is 1. The molecule has 0 saturated carbocycles. The number of hydrogen-bond donors (Lipinski definition) is 4. The first-order valence-corrected chi connectivity index (χ1v) is 5.63. The maximum absolute atomic E-state index is 11.8. The lowest BCUT2D eigenvalue weighted by molar-refractivity contribution is -0.115. The highest BCUT2D eigenvalue weighted by Crippen LogP contribution is 2.34. The monoisotopic (exact) mass is 257 g/mol. The van der Waals surface area contributed by atoms with Crippen LogP contribution in [0.1, 0.15) is 11.3 Å². The summed E-state index contributed by atoms with van der Waals surface area (Å²) in [4.78, 5) is 23.5. The van der Waals surface area contributed by atoms with Gasteiger partial charge in [-0.15, -0.1) is 0 Å². The van der Waals surface area contributed by atoms with Gasteiger partial charge in [-0.2, -0.15) is 5.10 Å². The Labute approximate surface area is 107 Å². The molecule has 1 aromatic carbocycles. The van der Waals surface area contributed by atoms with Crippen molar-refractivity contribution in [2.24, 2.45) is 5.84 Å². The van der Waals surface area contributed by atoms with Crippen LogP contribution in [-0.2, 0) is 4.79 Å². The van der Waals surface area contributed by atoms with Gasteiger partial charge in [-0.25, -0.2) is 10.9 Å². The summed E-state index contributed by atoms with van der Waals surface area (Å²) in [6, 6.07) is 3.55. The second-order valence-electron chi connectivity index (χ2n) is 4.26. The Balaban J connectivity index is 2.42. The topological polar surface area (TPSA) is 113 Å². The van der Waals surface area contributed by atoms with Gasteiger partial charge >= 0.3 is 0 Å². The second-order valence-corrected chi connectivity index (χ2v) is 4.26. The van der Waals surface area contributed by atoms with Crippen LogP contribution < -0.4 is 22.1 Å². The van der Waals surface area contributed by atoms with E-state index in [1.807, 2.05) is 13.0 Å². The number of carbonyl (C=O) groups is 1. The zero-order valence-electron chi connectivity index (χ0n) is 10.1. The average molecular weight is 257 g/mol. The standard InChI is InChI=1S/C12H11N5O2/c1-5-2-3-6-8-9(5)14-4-7(11(18)15-13)10(8)16-17-12(6)19/h2-4,14H,13H2,1H3,(H,15,18)(H,17,19). The van der Waals surface area contributed by atoms with Gasteiger partial charge in [-0.3, -0.25) is 15.0 Å². The van der Waals surface area contributed by atoms with E-state index in [0.717, 1.165) is 11.3 Å². The van der Waals surface area contributed by atoms with E-state index in [2.05, 4.69) is 20.9 Å². The molecular weight excluding hydrogens is 246 g/mol. The molecular formula is C12H11N5O2. The van der Waals surface area contributed by atoms with Gasteiger partial charge in [0, 0.05) is 11.6 Å². The average Bonchev–Trinajstić information content (AvgIpc) is 2.43. The summed E-state index contributed by atoms with van der Waals surface area (Å²) in [6.45, 7) is 1.91. The molecule has 0 atom stereocenters. The summed E-state index contributed by atoms with van der Waals surface area (Å²) in [5.74, 6) is 4.67. The molecule has 0 fully saturated rings. The van der Waals surface area contributed by atoms with Crippen LogP contribution in [0.4, 0.5) is 5.69 Å². The number of aryl methyl sites for hydroxylation is 1. The van der Waals surface area contributed by atoms with Gasteiger partial charge in [-0.05, 0) is 18.6 Å². The first-order valence-electron chi connectivity index (χ1n) is 5.63. The minimum Gasteiger partial charge on any atom is -0.360 e. The molecule has 0 unspecified atom stereocenters. The number of carbonyl (C=O) groups excluding carboxylic acids is 1. The van der Waals surface area contributed by atoms with Crippen LogP contribution in [0, 0.1) is 6.92 Å². The maximum atomic E-state index is 11.8. The van der Waals surface area contributed by atoms with Crippen molar-refractivity contribution in [2.75, 3.05) is 5.32 Å². The number of benzene rings is 1. The Bertz CT molecular complexity index is 791. The predicted octanol–water partition coefficient (Wildman–Crippen LogP) is -0.0122. The van der Waals surface area contributed by atoms with Gasteiger partial charge in [0.2, 0.25) is 0 Å². The third-order valence-corrected chi connectivity index (χ3v) is 3.16. The number of anilines is 1. The lowest BCUT2D eigenvalue weighted by Gasteiger charge is -2.18. The first-order chi connectivity index (χ1) is 9.13. The van der Waals surface area contributed by atoms with Crippen LogP contribution in [0.3, 0.4) is 0 Å². The van der Waals surface area contributed by atoms with E-state index in [4.69, 9.17) is 5.84 Å². The molecule has 7 heteroatoms. The number of H-pyrrole nitrogens is 1. The summed E-state index contributed by atoms with van der Waals surface area (Å²) in [6.07, 6.45) is 1.53. The fourth-order valence-electron chi connectivity index (χ4n) is 2.21. The molecule has 5 N–H and O–H groups in total. The van der Waals surface area contributed by atoms with Gasteiger partial charge < -0.3 is 5.32 Å². The Kier molecular flexibility index (Phi) is 2.36. The van der Waals surface area contributed by atoms with Crippen LogP contribution in [0.25, 0.3) is 16.3 Å². The maximum Gasteiger partial charge on any atom is 0.272 e. The minimum atomic E-state index is -0.472. The van der Waals surface area contributed by atoms with Gasteiger partial charge in [0.1, 0.15) is 5.69 Å². The third-order valence-electron chi connectivity index (χ3n) is 3.16. The molecule has 1 aliphatic heterocycles. The Morgan fingerprint density at radius 2 is 2.21 bits per heavy atom. The predicted molar refractivity (Wildman–Crippen MR) is 71.0 cm³/mol. The molecule has 7 nitrogen and oxygen atoms in total. The number of aromatic nitrogens is 2. The van der Waals surface area contributed by atoms with Crippen LogP contribution in [0.5, 0.6) is 0 Å². The van der Waals surface area contributed by atoms with Crippen molar-refractivity contribution in [3.8, 4) is 0 Å². The zero-order chi connectivity index (χ0) is 13.6. The van der Waals surface area contributed by atoms with Crippen molar-refractivity contribution in [1.29, 1.82) is 0 Å². The number of aromatic amines is 1. The van der Waals surface area contributed by atoms with E-state index < -0.39 is 5.91 Å². The van der Waals surface area contributed by atoms with Crippen molar-refractivity contribution in [2.45, 2.75) is 6.92 Å². The zero-order valence-corrected chi connectivity index (χ0v) is 10.1. The molecule has 3 rings (SSSR count). The van der Waals surface area contributed by atoms with E-state index in [1.165, 1.54) is 6.20 Å². The summed E-state index contributed by atoms with van der Waals surface area (Å²) < 4.78 is 0. The molecule has 19 heavy (non-hydrogen) atoms. The summed E-state index contributed by atoms with van der Waals surface area (Å²) >= 11 is 0. The lowest BCUT2D eigenvalue weighted by atomic mass is 9.98. The van der Waals surface area contributed by atoms with E-state index >= 15 is 0 Å². The molecule has 2 heterocycles. The lowest BCUT2D eigenvalue weighted by Crippen LogP contribution is -2.32. The molecule has 0 spiro atoms. The summed E-state index contributed by atoms with van der Waals surface area (Å²) in [5.41, 5.74) is 4.19. The Morgan fingerprint density at radius 1 is 1.42 bits per heavy atom. The number of hydrazine groups is 1. The van der Waals surface area contributed by atoms with E-state index in [1.54, 1.807) is 6.07 Å². The van der Waals surface area contributed by atoms with Crippen LogP contribution in [0.2, 0.25) is 0 Å². The highest BCUT2D eigenvalue weighted by Gasteiger charge is 2.23. The first kappa shape index (κ1) is 11.4.